The summed E-state index contributed by atoms with van der Waals surface area (Å²) in [5.41, 5.74) is 1.00. The number of halogens is 1. The number of imidazole rings is 1. The second-order valence-corrected chi connectivity index (χ2v) is 5.29. The van der Waals surface area contributed by atoms with E-state index in [2.05, 4.69) is 26.2 Å². The molecule has 0 saturated heterocycles. The Balaban J connectivity index is 2.25. The van der Waals surface area contributed by atoms with Gasteiger partial charge in [-0.05, 0) is 41.1 Å². The van der Waals surface area contributed by atoms with E-state index in [4.69, 9.17) is 9.47 Å². The number of nitrogens with zero attached hydrogens (tertiary/aromatic N) is 2. The van der Waals surface area contributed by atoms with Gasteiger partial charge in [-0.1, -0.05) is 0 Å². The summed E-state index contributed by atoms with van der Waals surface area (Å²) in [7, 11) is 3.33. The minimum atomic E-state index is 0.183. The molecule has 0 aliphatic carbocycles. The molecule has 108 valence electrons. The van der Waals surface area contributed by atoms with Crippen LogP contribution >= 0.6 is 15.9 Å². The summed E-state index contributed by atoms with van der Waals surface area (Å²) in [6.45, 7) is 2.67. The van der Waals surface area contributed by atoms with Gasteiger partial charge in [-0.3, -0.25) is 4.57 Å². The third kappa shape index (κ3) is 3.32. The van der Waals surface area contributed by atoms with Crippen LogP contribution in [0.2, 0.25) is 0 Å². The third-order valence-corrected chi connectivity index (χ3v) is 3.47. The predicted octanol–water partition coefficient (Wildman–Crippen LogP) is 3.09. The van der Waals surface area contributed by atoms with Crippen molar-refractivity contribution in [3.05, 3.63) is 35.1 Å². The van der Waals surface area contributed by atoms with E-state index in [-0.39, 0.29) is 6.04 Å². The fourth-order valence-electron chi connectivity index (χ4n) is 1.94. The lowest BCUT2D eigenvalue weighted by molar-refractivity contribution is 0.190. The van der Waals surface area contributed by atoms with Crippen molar-refractivity contribution in [1.82, 2.24) is 9.55 Å². The zero-order valence-corrected chi connectivity index (χ0v) is 13.3. The topological polar surface area (TPSA) is 48.3 Å². The van der Waals surface area contributed by atoms with Crippen LogP contribution in [0.4, 0.5) is 5.95 Å². The lowest BCUT2D eigenvalue weighted by Crippen LogP contribution is -2.22. The Kier molecular flexibility index (Phi) is 5.03. The van der Waals surface area contributed by atoms with E-state index >= 15 is 0 Å². The molecule has 1 heterocycles. The number of rotatable bonds is 6. The highest BCUT2D eigenvalue weighted by Gasteiger charge is 2.10. The van der Waals surface area contributed by atoms with Crippen molar-refractivity contribution in [2.45, 2.75) is 13.0 Å². The van der Waals surface area contributed by atoms with Crippen molar-refractivity contribution in [3.8, 4) is 11.4 Å². The van der Waals surface area contributed by atoms with Gasteiger partial charge in [0.2, 0.25) is 5.95 Å². The minimum Gasteiger partial charge on any atom is -0.496 e. The van der Waals surface area contributed by atoms with Gasteiger partial charge in [0.15, 0.2) is 0 Å². The normalized spacial score (nSPS) is 12.2. The smallest absolute Gasteiger partial charge is 0.207 e. The van der Waals surface area contributed by atoms with Crippen LogP contribution in [-0.4, -0.2) is 36.4 Å². The number of hydrogen-bond donors (Lipinski definition) is 1. The van der Waals surface area contributed by atoms with Gasteiger partial charge < -0.3 is 14.8 Å². The molecular formula is C14H18BrN3O2. The molecule has 1 unspecified atom stereocenters. The number of methoxy groups -OCH3 is 2. The number of benzene rings is 1. The maximum absolute atomic E-state index is 5.24. The third-order valence-electron chi connectivity index (χ3n) is 2.85. The molecule has 5 nitrogen and oxygen atoms in total. The molecule has 0 fully saturated rings. The molecule has 0 amide bonds. The van der Waals surface area contributed by atoms with Gasteiger partial charge in [0, 0.05) is 31.2 Å². The number of hydrogen-bond acceptors (Lipinski definition) is 4. The summed E-state index contributed by atoms with van der Waals surface area (Å²) < 4.78 is 13.3. The van der Waals surface area contributed by atoms with E-state index in [0.29, 0.717) is 6.61 Å². The van der Waals surface area contributed by atoms with Crippen LogP contribution in [0.25, 0.3) is 5.69 Å². The zero-order valence-electron chi connectivity index (χ0n) is 11.8. The van der Waals surface area contributed by atoms with Crippen LogP contribution in [0.1, 0.15) is 6.92 Å². The molecule has 0 saturated carbocycles. The van der Waals surface area contributed by atoms with Crippen molar-refractivity contribution in [1.29, 1.82) is 0 Å². The first-order valence-electron chi connectivity index (χ1n) is 6.28. The standard InChI is InChI=1S/C14H18BrN3O2/c1-10(9-19-2)17-14-16-6-7-18(14)11-4-5-13(20-3)12(15)8-11/h4-8,10H,9H2,1-3H3,(H,16,17). The van der Waals surface area contributed by atoms with Crippen LogP contribution in [-0.2, 0) is 4.74 Å². The highest BCUT2D eigenvalue weighted by Crippen LogP contribution is 2.28. The van der Waals surface area contributed by atoms with Crippen LogP contribution in [0.3, 0.4) is 0 Å². The van der Waals surface area contributed by atoms with Crippen LogP contribution in [0, 0.1) is 0 Å². The highest BCUT2D eigenvalue weighted by atomic mass is 79.9. The molecule has 0 bridgehead atoms. The molecule has 0 aliphatic rings. The fraction of sp³-hybridized carbons (Fsp3) is 0.357. The largest absolute Gasteiger partial charge is 0.496 e. The van der Waals surface area contributed by atoms with E-state index in [9.17, 15) is 0 Å². The van der Waals surface area contributed by atoms with Crippen molar-refractivity contribution >= 4 is 21.9 Å². The average molecular weight is 340 g/mol. The summed E-state index contributed by atoms with van der Waals surface area (Å²) in [6, 6.07) is 6.08. The Morgan fingerprint density at radius 3 is 2.85 bits per heavy atom. The molecule has 6 heteroatoms. The van der Waals surface area contributed by atoms with Gasteiger partial charge in [0.05, 0.1) is 18.2 Å². The SMILES string of the molecule is COCC(C)Nc1nccn1-c1ccc(OC)c(Br)c1. The summed E-state index contributed by atoms with van der Waals surface area (Å²) >= 11 is 3.49. The maximum atomic E-state index is 5.24. The Bertz CT molecular complexity index is 571. The molecule has 0 aliphatic heterocycles. The van der Waals surface area contributed by atoms with Crippen molar-refractivity contribution in [3.63, 3.8) is 0 Å². The lowest BCUT2D eigenvalue weighted by atomic mass is 10.3. The molecular weight excluding hydrogens is 322 g/mol. The maximum Gasteiger partial charge on any atom is 0.207 e. The fourth-order valence-corrected chi connectivity index (χ4v) is 2.46. The van der Waals surface area contributed by atoms with Gasteiger partial charge in [-0.2, -0.15) is 0 Å². The first-order chi connectivity index (χ1) is 9.65. The molecule has 1 atom stereocenters. The van der Waals surface area contributed by atoms with E-state index < -0.39 is 0 Å². The molecule has 20 heavy (non-hydrogen) atoms. The first kappa shape index (κ1) is 14.9. The zero-order chi connectivity index (χ0) is 14.5. The quantitative estimate of drug-likeness (QED) is 0.878. The van der Waals surface area contributed by atoms with Gasteiger partial charge in [0.1, 0.15) is 5.75 Å². The van der Waals surface area contributed by atoms with Gasteiger partial charge in [0.25, 0.3) is 0 Å². The van der Waals surface area contributed by atoms with Gasteiger partial charge in [-0.15, -0.1) is 0 Å². The minimum absolute atomic E-state index is 0.183. The summed E-state index contributed by atoms with van der Waals surface area (Å²) in [5, 5.41) is 3.32. The summed E-state index contributed by atoms with van der Waals surface area (Å²) in [4.78, 5) is 4.34. The second-order valence-electron chi connectivity index (χ2n) is 4.44. The molecule has 2 aromatic rings. The lowest BCUT2D eigenvalue weighted by Gasteiger charge is -2.15. The second kappa shape index (κ2) is 6.76. The van der Waals surface area contributed by atoms with E-state index in [0.717, 1.165) is 21.9 Å². The van der Waals surface area contributed by atoms with E-state index in [1.165, 1.54) is 0 Å². The van der Waals surface area contributed by atoms with Crippen LogP contribution in [0.5, 0.6) is 5.75 Å². The number of ether oxygens (including phenoxy) is 2. The molecule has 1 aromatic heterocycles. The Morgan fingerprint density at radius 1 is 1.40 bits per heavy atom. The summed E-state index contributed by atoms with van der Waals surface area (Å²) in [6.07, 6.45) is 3.68. The molecule has 1 N–H and O–H groups in total. The molecule has 1 aromatic carbocycles. The number of anilines is 1. The molecule has 0 spiro atoms. The molecule has 0 radical (unpaired) electrons. The number of aromatic nitrogens is 2. The van der Waals surface area contributed by atoms with Gasteiger partial charge in [-0.25, -0.2) is 4.98 Å². The Labute approximate surface area is 127 Å². The predicted molar refractivity (Wildman–Crippen MR) is 82.8 cm³/mol. The van der Waals surface area contributed by atoms with Crippen molar-refractivity contribution in [2.75, 3.05) is 26.1 Å². The number of nitrogens with one attached hydrogen (secondary N) is 1. The van der Waals surface area contributed by atoms with Gasteiger partial charge >= 0.3 is 0 Å². The van der Waals surface area contributed by atoms with Crippen molar-refractivity contribution < 1.29 is 9.47 Å². The van der Waals surface area contributed by atoms with E-state index in [1.807, 2.05) is 35.9 Å². The first-order valence-corrected chi connectivity index (χ1v) is 7.07. The molecule has 2 rings (SSSR count). The van der Waals surface area contributed by atoms with Crippen molar-refractivity contribution in [2.24, 2.45) is 0 Å². The van der Waals surface area contributed by atoms with Crippen LogP contribution in [0.15, 0.2) is 35.1 Å². The summed E-state index contributed by atoms with van der Waals surface area (Å²) in [5.74, 6) is 1.59. The highest BCUT2D eigenvalue weighted by molar-refractivity contribution is 9.10. The monoisotopic (exact) mass is 339 g/mol. The Hall–Kier alpha value is -1.53. The average Bonchev–Trinajstić information content (AvgIpc) is 2.87. The van der Waals surface area contributed by atoms with E-state index in [1.54, 1.807) is 20.4 Å². The van der Waals surface area contributed by atoms with Crippen LogP contribution < -0.4 is 10.1 Å². The Morgan fingerprint density at radius 2 is 2.20 bits per heavy atom.